The molecule has 5 heteroatoms. The van der Waals surface area contributed by atoms with Crippen molar-refractivity contribution in [3.63, 3.8) is 0 Å². The standard InChI is InChI=1S/C18H25N3O2/c1-13-7-9-14(10-8-13)18-19-17(23-20-18)12-21(2)11-15-5-3-4-6-16(15)22/h7-10,15-16,22H,3-6,11-12H2,1-2H3. The molecular formula is C18H25N3O2. The third-order valence-electron chi connectivity index (χ3n) is 4.60. The number of aryl methyl sites for hydroxylation is 1. The molecule has 0 bridgehead atoms. The Labute approximate surface area is 137 Å². The molecule has 1 aliphatic rings. The molecule has 5 nitrogen and oxygen atoms in total. The highest BCUT2D eigenvalue weighted by Gasteiger charge is 2.24. The van der Waals surface area contributed by atoms with Crippen LogP contribution in [0.3, 0.4) is 0 Å². The fourth-order valence-corrected chi connectivity index (χ4v) is 3.24. The van der Waals surface area contributed by atoms with Gasteiger partial charge in [0.15, 0.2) is 0 Å². The second kappa shape index (κ2) is 7.23. The van der Waals surface area contributed by atoms with Crippen molar-refractivity contribution in [3.8, 4) is 11.4 Å². The third kappa shape index (κ3) is 4.18. The van der Waals surface area contributed by atoms with Gasteiger partial charge in [0.2, 0.25) is 11.7 Å². The van der Waals surface area contributed by atoms with Gasteiger partial charge in [0.05, 0.1) is 12.6 Å². The molecule has 1 fully saturated rings. The highest BCUT2D eigenvalue weighted by Crippen LogP contribution is 2.25. The van der Waals surface area contributed by atoms with E-state index in [0.29, 0.717) is 24.2 Å². The molecule has 2 unspecified atom stereocenters. The van der Waals surface area contributed by atoms with Gasteiger partial charge in [-0.3, -0.25) is 4.90 Å². The van der Waals surface area contributed by atoms with Crippen molar-refractivity contribution in [2.75, 3.05) is 13.6 Å². The maximum atomic E-state index is 10.1. The van der Waals surface area contributed by atoms with E-state index in [9.17, 15) is 5.11 Å². The summed E-state index contributed by atoms with van der Waals surface area (Å²) < 4.78 is 5.37. The van der Waals surface area contributed by atoms with Gasteiger partial charge in [-0.1, -0.05) is 47.8 Å². The minimum absolute atomic E-state index is 0.169. The topological polar surface area (TPSA) is 62.4 Å². The molecule has 1 aromatic heterocycles. The Morgan fingerprint density at radius 3 is 2.70 bits per heavy atom. The third-order valence-corrected chi connectivity index (χ3v) is 4.60. The first-order valence-corrected chi connectivity index (χ1v) is 8.38. The molecule has 0 radical (unpaired) electrons. The first-order chi connectivity index (χ1) is 11.1. The van der Waals surface area contributed by atoms with Crippen LogP contribution in [0.15, 0.2) is 28.8 Å². The van der Waals surface area contributed by atoms with Crippen LogP contribution in [-0.2, 0) is 6.54 Å². The first-order valence-electron chi connectivity index (χ1n) is 8.38. The maximum Gasteiger partial charge on any atom is 0.241 e. The van der Waals surface area contributed by atoms with E-state index in [2.05, 4.69) is 22.0 Å². The van der Waals surface area contributed by atoms with Crippen molar-refractivity contribution < 1.29 is 9.63 Å². The summed E-state index contributed by atoms with van der Waals surface area (Å²) in [6.07, 6.45) is 4.22. The summed E-state index contributed by atoms with van der Waals surface area (Å²) in [6.45, 7) is 3.53. The summed E-state index contributed by atoms with van der Waals surface area (Å²) in [7, 11) is 2.04. The van der Waals surface area contributed by atoms with Gasteiger partial charge in [-0.15, -0.1) is 0 Å². The van der Waals surface area contributed by atoms with Crippen LogP contribution in [0.4, 0.5) is 0 Å². The van der Waals surface area contributed by atoms with Gasteiger partial charge in [0.1, 0.15) is 0 Å². The summed E-state index contributed by atoms with van der Waals surface area (Å²) in [5.41, 5.74) is 2.18. The maximum absolute atomic E-state index is 10.1. The summed E-state index contributed by atoms with van der Waals surface area (Å²) in [5, 5.41) is 14.1. The Balaban J connectivity index is 1.58. The number of rotatable bonds is 5. The Hall–Kier alpha value is -1.72. The van der Waals surface area contributed by atoms with Crippen molar-refractivity contribution in [1.29, 1.82) is 0 Å². The molecule has 3 rings (SSSR count). The van der Waals surface area contributed by atoms with Crippen molar-refractivity contribution in [2.24, 2.45) is 5.92 Å². The number of benzene rings is 1. The van der Waals surface area contributed by atoms with Crippen LogP contribution in [0.2, 0.25) is 0 Å². The van der Waals surface area contributed by atoms with Gasteiger partial charge in [-0.25, -0.2) is 0 Å². The second-order valence-corrected chi connectivity index (χ2v) is 6.69. The van der Waals surface area contributed by atoms with Crippen LogP contribution in [0.25, 0.3) is 11.4 Å². The highest BCUT2D eigenvalue weighted by atomic mass is 16.5. The summed E-state index contributed by atoms with van der Waals surface area (Å²) in [4.78, 5) is 6.64. The lowest BCUT2D eigenvalue weighted by atomic mass is 9.86. The average molecular weight is 315 g/mol. The quantitative estimate of drug-likeness (QED) is 0.919. The number of aromatic nitrogens is 2. The lowest BCUT2D eigenvalue weighted by Gasteiger charge is -2.30. The Bertz CT molecular complexity index is 623. The van der Waals surface area contributed by atoms with Crippen molar-refractivity contribution >= 4 is 0 Å². The highest BCUT2D eigenvalue weighted by molar-refractivity contribution is 5.54. The van der Waals surface area contributed by atoms with Crippen LogP contribution in [0, 0.1) is 12.8 Å². The number of hydrogen-bond donors (Lipinski definition) is 1. The van der Waals surface area contributed by atoms with E-state index >= 15 is 0 Å². The number of nitrogens with zero attached hydrogens (tertiary/aromatic N) is 3. The minimum atomic E-state index is -0.169. The molecule has 23 heavy (non-hydrogen) atoms. The van der Waals surface area contributed by atoms with Gasteiger partial charge >= 0.3 is 0 Å². The first kappa shape index (κ1) is 16.1. The second-order valence-electron chi connectivity index (χ2n) is 6.69. The summed E-state index contributed by atoms with van der Waals surface area (Å²) in [6, 6.07) is 8.10. The predicted molar refractivity (Wildman–Crippen MR) is 88.8 cm³/mol. The largest absolute Gasteiger partial charge is 0.393 e. The number of aliphatic hydroxyl groups is 1. The monoisotopic (exact) mass is 315 g/mol. The molecule has 1 aliphatic carbocycles. The molecule has 1 saturated carbocycles. The van der Waals surface area contributed by atoms with E-state index in [1.165, 1.54) is 12.0 Å². The molecule has 1 aromatic carbocycles. The van der Waals surface area contributed by atoms with E-state index in [1.807, 2.05) is 31.3 Å². The molecular weight excluding hydrogens is 290 g/mol. The van der Waals surface area contributed by atoms with E-state index in [4.69, 9.17) is 4.52 Å². The summed E-state index contributed by atoms with van der Waals surface area (Å²) >= 11 is 0. The van der Waals surface area contributed by atoms with E-state index in [-0.39, 0.29) is 6.10 Å². The molecule has 0 spiro atoms. The van der Waals surface area contributed by atoms with Crippen LogP contribution in [-0.4, -0.2) is 39.8 Å². The van der Waals surface area contributed by atoms with Crippen molar-refractivity contribution in [2.45, 2.75) is 45.3 Å². The molecule has 2 aromatic rings. The molecule has 124 valence electrons. The molecule has 1 heterocycles. The Morgan fingerprint density at radius 2 is 1.96 bits per heavy atom. The van der Waals surface area contributed by atoms with Gasteiger partial charge in [0, 0.05) is 12.1 Å². The zero-order valence-electron chi connectivity index (χ0n) is 13.9. The fourth-order valence-electron chi connectivity index (χ4n) is 3.24. The zero-order chi connectivity index (χ0) is 16.2. The Kier molecular flexibility index (Phi) is 5.08. The van der Waals surface area contributed by atoms with Gasteiger partial charge in [-0.2, -0.15) is 4.98 Å². The molecule has 0 aliphatic heterocycles. The number of aliphatic hydroxyl groups excluding tert-OH is 1. The average Bonchev–Trinajstić information content (AvgIpc) is 2.98. The minimum Gasteiger partial charge on any atom is -0.393 e. The van der Waals surface area contributed by atoms with E-state index in [1.54, 1.807) is 0 Å². The van der Waals surface area contributed by atoms with Crippen LogP contribution in [0.1, 0.15) is 37.1 Å². The SMILES string of the molecule is Cc1ccc(-c2noc(CN(C)CC3CCCCC3O)n2)cc1. The van der Waals surface area contributed by atoms with E-state index < -0.39 is 0 Å². The molecule has 2 atom stereocenters. The van der Waals surface area contributed by atoms with Gasteiger partial charge in [0.25, 0.3) is 0 Å². The normalized spacial score (nSPS) is 21.7. The molecule has 1 N–H and O–H groups in total. The lowest BCUT2D eigenvalue weighted by Crippen LogP contribution is -2.34. The van der Waals surface area contributed by atoms with Gasteiger partial charge < -0.3 is 9.63 Å². The van der Waals surface area contributed by atoms with Gasteiger partial charge in [-0.05, 0) is 32.7 Å². The van der Waals surface area contributed by atoms with Crippen LogP contribution < -0.4 is 0 Å². The lowest BCUT2D eigenvalue weighted by molar-refractivity contribution is 0.0484. The van der Waals surface area contributed by atoms with Crippen molar-refractivity contribution in [1.82, 2.24) is 15.0 Å². The van der Waals surface area contributed by atoms with E-state index in [0.717, 1.165) is 31.4 Å². The number of hydrogen-bond acceptors (Lipinski definition) is 5. The fraction of sp³-hybridized carbons (Fsp3) is 0.556. The van der Waals surface area contributed by atoms with Crippen LogP contribution in [0.5, 0.6) is 0 Å². The molecule has 0 amide bonds. The zero-order valence-corrected chi connectivity index (χ0v) is 13.9. The van der Waals surface area contributed by atoms with Crippen molar-refractivity contribution in [3.05, 3.63) is 35.7 Å². The Morgan fingerprint density at radius 1 is 1.22 bits per heavy atom. The summed E-state index contributed by atoms with van der Waals surface area (Å²) in [5.74, 6) is 1.60. The smallest absolute Gasteiger partial charge is 0.241 e. The molecule has 0 saturated heterocycles. The van der Waals surface area contributed by atoms with Crippen LogP contribution >= 0.6 is 0 Å². The predicted octanol–water partition coefficient (Wildman–Crippen LogP) is 3.03.